The molecular formula is C27H29N3O3. The predicted octanol–water partition coefficient (Wildman–Crippen LogP) is 4.15. The first-order valence-corrected chi connectivity index (χ1v) is 11.5. The van der Waals surface area contributed by atoms with Crippen LogP contribution in [-0.2, 0) is 4.79 Å². The number of nitrogens with zero attached hydrogens (tertiary/aromatic N) is 2. The summed E-state index contributed by atoms with van der Waals surface area (Å²) < 4.78 is 10.8. The second-order valence-corrected chi connectivity index (χ2v) is 8.53. The first-order valence-electron chi connectivity index (χ1n) is 11.5. The molecule has 33 heavy (non-hydrogen) atoms. The topological polar surface area (TPSA) is 54.0 Å². The molecular weight excluding hydrogens is 414 g/mol. The van der Waals surface area contributed by atoms with Gasteiger partial charge in [-0.3, -0.25) is 14.6 Å². The van der Waals surface area contributed by atoms with Gasteiger partial charge in [-0.15, -0.1) is 0 Å². The SMILES string of the molecule is CC(C(=O)Nc1ccc2c(c1)OCO2)N1CCN(C(c2ccccc2)c2ccccc2)CC1. The molecule has 6 nitrogen and oxygen atoms in total. The lowest BCUT2D eigenvalue weighted by atomic mass is 9.96. The van der Waals surface area contributed by atoms with Gasteiger partial charge in [0, 0.05) is 37.9 Å². The van der Waals surface area contributed by atoms with E-state index in [0.717, 1.165) is 31.9 Å². The number of benzene rings is 3. The van der Waals surface area contributed by atoms with Crippen molar-refractivity contribution >= 4 is 11.6 Å². The van der Waals surface area contributed by atoms with Crippen LogP contribution in [0.15, 0.2) is 78.9 Å². The molecule has 1 N–H and O–H groups in total. The van der Waals surface area contributed by atoms with E-state index in [1.807, 2.05) is 25.1 Å². The summed E-state index contributed by atoms with van der Waals surface area (Å²) in [5, 5.41) is 3.02. The van der Waals surface area contributed by atoms with Gasteiger partial charge in [-0.05, 0) is 30.2 Å². The van der Waals surface area contributed by atoms with E-state index in [0.29, 0.717) is 11.5 Å². The zero-order valence-electron chi connectivity index (χ0n) is 18.8. The zero-order chi connectivity index (χ0) is 22.6. The monoisotopic (exact) mass is 443 g/mol. The van der Waals surface area contributed by atoms with Crippen LogP contribution in [0.2, 0.25) is 0 Å². The van der Waals surface area contributed by atoms with Crippen molar-refractivity contribution in [1.29, 1.82) is 0 Å². The highest BCUT2D eigenvalue weighted by Gasteiger charge is 2.30. The molecule has 5 rings (SSSR count). The van der Waals surface area contributed by atoms with Crippen LogP contribution in [0, 0.1) is 0 Å². The maximum Gasteiger partial charge on any atom is 0.241 e. The Hall–Kier alpha value is -3.35. The van der Waals surface area contributed by atoms with E-state index in [2.05, 4.69) is 75.8 Å². The molecule has 0 bridgehead atoms. The molecule has 170 valence electrons. The van der Waals surface area contributed by atoms with Gasteiger partial charge in [-0.25, -0.2) is 0 Å². The van der Waals surface area contributed by atoms with Crippen LogP contribution in [0.25, 0.3) is 0 Å². The summed E-state index contributed by atoms with van der Waals surface area (Å²) in [6.45, 7) is 5.67. The molecule has 0 spiro atoms. The molecule has 2 heterocycles. The van der Waals surface area contributed by atoms with Crippen LogP contribution in [0.1, 0.15) is 24.1 Å². The van der Waals surface area contributed by atoms with E-state index >= 15 is 0 Å². The highest BCUT2D eigenvalue weighted by molar-refractivity contribution is 5.94. The molecule has 0 aromatic heterocycles. The van der Waals surface area contributed by atoms with Crippen LogP contribution in [0.5, 0.6) is 11.5 Å². The quantitative estimate of drug-likeness (QED) is 0.620. The Bertz CT molecular complexity index is 1040. The van der Waals surface area contributed by atoms with Crippen molar-refractivity contribution in [2.75, 3.05) is 38.3 Å². The second-order valence-electron chi connectivity index (χ2n) is 8.53. The molecule has 0 saturated carbocycles. The molecule has 0 aliphatic carbocycles. The smallest absolute Gasteiger partial charge is 0.241 e. The van der Waals surface area contributed by atoms with Crippen LogP contribution in [0.3, 0.4) is 0 Å². The molecule has 6 heteroatoms. The van der Waals surface area contributed by atoms with Gasteiger partial charge in [0.05, 0.1) is 12.1 Å². The number of hydrogen-bond acceptors (Lipinski definition) is 5. The number of rotatable bonds is 6. The van der Waals surface area contributed by atoms with Crippen LogP contribution in [0.4, 0.5) is 5.69 Å². The van der Waals surface area contributed by atoms with E-state index in [-0.39, 0.29) is 24.8 Å². The number of carbonyl (C=O) groups excluding carboxylic acids is 1. The van der Waals surface area contributed by atoms with Crippen molar-refractivity contribution in [2.45, 2.75) is 19.0 Å². The fourth-order valence-electron chi connectivity index (χ4n) is 4.65. The van der Waals surface area contributed by atoms with E-state index in [1.54, 1.807) is 0 Å². The Morgan fingerprint density at radius 2 is 1.36 bits per heavy atom. The van der Waals surface area contributed by atoms with Gasteiger partial charge < -0.3 is 14.8 Å². The number of carbonyl (C=O) groups is 1. The molecule has 3 aromatic rings. The zero-order valence-corrected chi connectivity index (χ0v) is 18.8. The average molecular weight is 444 g/mol. The van der Waals surface area contributed by atoms with Crippen molar-refractivity contribution in [1.82, 2.24) is 9.80 Å². The van der Waals surface area contributed by atoms with Crippen molar-refractivity contribution in [3.63, 3.8) is 0 Å². The highest BCUT2D eigenvalue weighted by Crippen LogP contribution is 2.34. The van der Waals surface area contributed by atoms with Crippen molar-refractivity contribution in [3.8, 4) is 11.5 Å². The molecule has 0 radical (unpaired) electrons. The molecule has 1 saturated heterocycles. The molecule has 2 aliphatic heterocycles. The van der Waals surface area contributed by atoms with Crippen molar-refractivity contribution < 1.29 is 14.3 Å². The second kappa shape index (κ2) is 9.65. The van der Waals surface area contributed by atoms with E-state index in [1.165, 1.54) is 11.1 Å². The van der Waals surface area contributed by atoms with Crippen LogP contribution >= 0.6 is 0 Å². The summed E-state index contributed by atoms with van der Waals surface area (Å²) in [5.74, 6) is 1.37. The maximum absolute atomic E-state index is 12.9. The van der Waals surface area contributed by atoms with E-state index in [4.69, 9.17) is 9.47 Å². The molecule has 1 fully saturated rings. The third-order valence-corrected chi connectivity index (χ3v) is 6.51. The number of ether oxygens (including phenoxy) is 2. The fourth-order valence-corrected chi connectivity index (χ4v) is 4.65. The summed E-state index contributed by atoms with van der Waals surface area (Å²) in [5.41, 5.74) is 3.32. The van der Waals surface area contributed by atoms with Gasteiger partial charge >= 0.3 is 0 Å². The molecule has 1 atom stereocenters. The maximum atomic E-state index is 12.9. The minimum atomic E-state index is -0.218. The lowest BCUT2D eigenvalue weighted by Crippen LogP contribution is -2.53. The predicted molar refractivity (Wildman–Crippen MR) is 129 cm³/mol. The minimum Gasteiger partial charge on any atom is -0.454 e. The Morgan fingerprint density at radius 1 is 0.788 bits per heavy atom. The van der Waals surface area contributed by atoms with Crippen LogP contribution < -0.4 is 14.8 Å². The third kappa shape index (κ3) is 4.72. The highest BCUT2D eigenvalue weighted by atomic mass is 16.7. The number of amides is 1. The number of anilines is 1. The summed E-state index contributed by atoms with van der Waals surface area (Å²) in [4.78, 5) is 17.7. The number of piperazine rings is 1. The lowest BCUT2D eigenvalue weighted by Gasteiger charge is -2.41. The van der Waals surface area contributed by atoms with Crippen LogP contribution in [-0.4, -0.2) is 54.7 Å². The van der Waals surface area contributed by atoms with Gasteiger partial charge in [0.25, 0.3) is 0 Å². The lowest BCUT2D eigenvalue weighted by molar-refractivity contribution is -0.121. The average Bonchev–Trinajstić information content (AvgIpc) is 3.33. The fraction of sp³-hybridized carbons (Fsp3) is 0.296. The Balaban J connectivity index is 1.23. The van der Waals surface area contributed by atoms with E-state index in [9.17, 15) is 4.79 Å². The number of hydrogen-bond donors (Lipinski definition) is 1. The summed E-state index contributed by atoms with van der Waals surface area (Å²) in [6.07, 6.45) is 0. The first-order chi connectivity index (χ1) is 16.2. The largest absolute Gasteiger partial charge is 0.454 e. The third-order valence-electron chi connectivity index (χ3n) is 6.51. The Morgan fingerprint density at radius 3 is 2.00 bits per heavy atom. The molecule has 2 aliphatic rings. The first kappa shape index (κ1) is 21.5. The molecule has 1 amide bonds. The summed E-state index contributed by atoms with van der Waals surface area (Å²) >= 11 is 0. The normalized spacial score (nSPS) is 17.2. The van der Waals surface area contributed by atoms with Crippen molar-refractivity contribution in [3.05, 3.63) is 90.0 Å². The summed E-state index contributed by atoms with van der Waals surface area (Å²) in [7, 11) is 0. The Labute approximate surface area is 194 Å². The molecule has 1 unspecified atom stereocenters. The van der Waals surface area contributed by atoms with E-state index < -0.39 is 0 Å². The number of nitrogens with one attached hydrogen (secondary N) is 1. The number of fused-ring (bicyclic) bond motifs is 1. The van der Waals surface area contributed by atoms with Gasteiger partial charge in [-0.2, -0.15) is 0 Å². The summed E-state index contributed by atoms with van der Waals surface area (Å²) in [6, 6.07) is 26.8. The standard InChI is InChI=1S/C27H29N3O3/c1-20(27(31)28-23-12-13-24-25(18-23)33-19-32-24)29-14-16-30(17-15-29)26(21-8-4-2-5-9-21)22-10-6-3-7-11-22/h2-13,18,20,26H,14-17,19H2,1H3,(H,28,31). The van der Waals surface area contributed by atoms with Gasteiger partial charge in [0.15, 0.2) is 11.5 Å². The van der Waals surface area contributed by atoms with Gasteiger partial charge in [0.2, 0.25) is 12.7 Å². The Kier molecular flexibility index (Phi) is 6.28. The minimum absolute atomic E-state index is 0.00927. The molecule has 3 aromatic carbocycles. The van der Waals surface area contributed by atoms with Gasteiger partial charge in [0.1, 0.15) is 0 Å². The van der Waals surface area contributed by atoms with Crippen molar-refractivity contribution in [2.24, 2.45) is 0 Å². The van der Waals surface area contributed by atoms with Gasteiger partial charge in [-0.1, -0.05) is 60.7 Å².